The molecule has 0 aliphatic rings. The van der Waals surface area contributed by atoms with E-state index in [-0.39, 0.29) is 24.5 Å². The van der Waals surface area contributed by atoms with E-state index in [0.29, 0.717) is 12.8 Å². The van der Waals surface area contributed by atoms with Crippen molar-refractivity contribution in [3.63, 3.8) is 0 Å². The predicted molar refractivity (Wildman–Crippen MR) is 171 cm³/mol. The summed E-state index contributed by atoms with van der Waals surface area (Å²) in [5.41, 5.74) is 0. The molecule has 0 aromatic rings. The third-order valence-corrected chi connectivity index (χ3v) is 7.38. The average Bonchev–Trinajstić information content (AvgIpc) is 2.95. The molecule has 1 unspecified atom stereocenters. The first-order valence-electron chi connectivity index (χ1n) is 17.0. The van der Waals surface area contributed by atoms with Gasteiger partial charge in [-0.2, -0.15) is 0 Å². The molecule has 0 heterocycles. The van der Waals surface area contributed by atoms with Crippen molar-refractivity contribution in [2.24, 2.45) is 0 Å². The number of carboxylic acids is 1. The lowest BCUT2D eigenvalue weighted by Gasteiger charge is -2.18. The maximum Gasteiger partial charge on any atom is 0.322 e. The van der Waals surface area contributed by atoms with E-state index >= 15 is 0 Å². The van der Waals surface area contributed by atoms with Crippen LogP contribution in [0.4, 0.5) is 0 Å². The summed E-state index contributed by atoms with van der Waals surface area (Å²) >= 11 is 0. The molecule has 0 spiro atoms. The van der Waals surface area contributed by atoms with Crippen molar-refractivity contribution in [3.05, 3.63) is 24.3 Å². The Bertz CT molecular complexity index is 688. The number of aliphatic carboxylic acids is 1. The van der Waals surface area contributed by atoms with E-state index in [2.05, 4.69) is 43.5 Å². The predicted octanol–water partition coefficient (Wildman–Crippen LogP) is 9.61. The molecule has 0 bridgehead atoms. The summed E-state index contributed by atoms with van der Waals surface area (Å²) in [5.74, 6) is -1.28. The van der Waals surface area contributed by atoms with Crippen LogP contribution in [0.3, 0.4) is 0 Å². The zero-order chi connectivity index (χ0) is 30.2. The molecule has 0 aromatic heterocycles. The van der Waals surface area contributed by atoms with E-state index in [1.807, 2.05) is 0 Å². The Hall–Kier alpha value is -2.11. The molecule has 41 heavy (non-hydrogen) atoms. The summed E-state index contributed by atoms with van der Waals surface area (Å²) in [5, 5.41) is 11.0. The van der Waals surface area contributed by atoms with Gasteiger partial charge in [0.15, 0.2) is 0 Å². The monoisotopic (exact) mass is 577 g/mol. The molecule has 0 saturated carbocycles. The highest BCUT2D eigenvalue weighted by atomic mass is 16.5. The Kier molecular flexibility index (Phi) is 29.3. The second kappa shape index (κ2) is 30.8. The first-order chi connectivity index (χ1) is 20.0. The number of amides is 1. The number of allylic oxidation sites excluding steroid dienone is 4. The molecule has 6 heteroatoms. The zero-order valence-corrected chi connectivity index (χ0v) is 26.6. The number of esters is 1. The number of unbranched alkanes of at least 4 members (excludes halogenated alkanes) is 15. The van der Waals surface area contributed by atoms with Gasteiger partial charge in [0.05, 0.1) is 0 Å². The fourth-order valence-electron chi connectivity index (χ4n) is 4.84. The van der Waals surface area contributed by atoms with Gasteiger partial charge in [-0.3, -0.25) is 14.4 Å². The average molecular weight is 578 g/mol. The van der Waals surface area contributed by atoms with Crippen molar-refractivity contribution in [1.29, 1.82) is 0 Å². The Labute approximate surface area is 252 Å². The summed E-state index contributed by atoms with van der Waals surface area (Å²) < 4.78 is 5.90. The molecule has 238 valence electrons. The highest BCUT2D eigenvalue weighted by molar-refractivity contribution is 5.80. The minimum absolute atomic E-state index is 0.000893. The zero-order valence-electron chi connectivity index (χ0n) is 26.6. The van der Waals surface area contributed by atoms with Crippen LogP contribution >= 0.6 is 0 Å². The second-order valence-electron chi connectivity index (χ2n) is 11.4. The van der Waals surface area contributed by atoms with Crippen molar-refractivity contribution >= 4 is 17.8 Å². The summed E-state index contributed by atoms with van der Waals surface area (Å²) in [6.07, 6.45) is 34.4. The molecule has 6 nitrogen and oxygen atoms in total. The van der Waals surface area contributed by atoms with Gasteiger partial charge in [-0.05, 0) is 70.6 Å². The van der Waals surface area contributed by atoms with Gasteiger partial charge in [-0.15, -0.1) is 0 Å². The van der Waals surface area contributed by atoms with Crippen LogP contribution in [0.5, 0.6) is 0 Å². The number of nitrogens with one attached hydrogen (secondary N) is 1. The van der Waals surface area contributed by atoms with Crippen LogP contribution in [0.25, 0.3) is 0 Å². The Morgan fingerprint density at radius 1 is 0.634 bits per heavy atom. The van der Waals surface area contributed by atoms with Gasteiger partial charge in [0, 0.05) is 12.8 Å². The molecule has 1 atom stereocenters. The SMILES string of the molecule is CCCCC/C=C\C/C=C\CCCCCCCC(=O)OC(CCCCCCC)CCCCCCC(=O)NCC(=O)O. The third-order valence-electron chi connectivity index (χ3n) is 7.38. The van der Waals surface area contributed by atoms with E-state index in [1.54, 1.807) is 0 Å². The van der Waals surface area contributed by atoms with Gasteiger partial charge >= 0.3 is 11.9 Å². The van der Waals surface area contributed by atoms with Crippen molar-refractivity contribution in [1.82, 2.24) is 5.32 Å². The van der Waals surface area contributed by atoms with Crippen LogP contribution in [0, 0.1) is 0 Å². The molecule has 0 rings (SSSR count). The van der Waals surface area contributed by atoms with Crippen LogP contribution in [0.15, 0.2) is 24.3 Å². The number of hydrogen-bond acceptors (Lipinski definition) is 4. The van der Waals surface area contributed by atoms with Gasteiger partial charge < -0.3 is 15.2 Å². The Morgan fingerprint density at radius 2 is 1.12 bits per heavy atom. The van der Waals surface area contributed by atoms with Crippen LogP contribution in [-0.4, -0.2) is 35.6 Å². The van der Waals surface area contributed by atoms with E-state index < -0.39 is 5.97 Å². The van der Waals surface area contributed by atoms with E-state index in [9.17, 15) is 14.4 Å². The topological polar surface area (TPSA) is 92.7 Å². The molecule has 0 fully saturated rings. The van der Waals surface area contributed by atoms with Gasteiger partial charge in [0.1, 0.15) is 12.6 Å². The van der Waals surface area contributed by atoms with E-state index in [0.717, 1.165) is 70.6 Å². The summed E-state index contributed by atoms with van der Waals surface area (Å²) in [4.78, 5) is 34.6. The van der Waals surface area contributed by atoms with Gasteiger partial charge in [-0.1, -0.05) is 109 Å². The Morgan fingerprint density at radius 3 is 1.73 bits per heavy atom. The van der Waals surface area contributed by atoms with Crippen LogP contribution < -0.4 is 5.32 Å². The van der Waals surface area contributed by atoms with Gasteiger partial charge in [-0.25, -0.2) is 0 Å². The molecule has 2 N–H and O–H groups in total. The number of carbonyl (C=O) groups is 3. The van der Waals surface area contributed by atoms with Crippen molar-refractivity contribution in [2.75, 3.05) is 6.54 Å². The van der Waals surface area contributed by atoms with Gasteiger partial charge in [0.2, 0.25) is 5.91 Å². The summed E-state index contributed by atoms with van der Waals surface area (Å²) in [6.45, 7) is 4.13. The number of hydrogen-bond donors (Lipinski definition) is 2. The normalized spacial score (nSPS) is 12.2. The molecule has 0 aromatic carbocycles. The maximum absolute atomic E-state index is 12.5. The lowest BCUT2D eigenvalue weighted by atomic mass is 10.0. The molecule has 0 aliphatic carbocycles. The third kappa shape index (κ3) is 30.7. The van der Waals surface area contributed by atoms with E-state index in [4.69, 9.17) is 9.84 Å². The lowest BCUT2D eigenvalue weighted by Crippen LogP contribution is -2.28. The summed E-state index contributed by atoms with van der Waals surface area (Å²) in [6, 6.07) is 0. The highest BCUT2D eigenvalue weighted by Crippen LogP contribution is 2.18. The standard InChI is InChI=1S/C35H63NO5/c1-3-5-7-9-10-11-12-13-14-15-16-17-18-20-26-30-35(40)41-32(27-23-19-8-6-4-2)28-24-21-22-25-29-33(37)36-31-34(38)39/h10-11,13-14,32H,3-9,12,15-31H2,1-2H3,(H,36,37)(H,38,39)/b11-10-,14-13-. The Balaban J connectivity index is 4.01. The first-order valence-corrected chi connectivity index (χ1v) is 17.0. The smallest absolute Gasteiger partial charge is 0.322 e. The molecule has 0 aliphatic heterocycles. The van der Waals surface area contributed by atoms with E-state index in [1.165, 1.54) is 70.6 Å². The highest BCUT2D eigenvalue weighted by Gasteiger charge is 2.14. The molecule has 0 saturated heterocycles. The number of ether oxygens (including phenoxy) is 1. The molecule has 0 radical (unpaired) electrons. The fraction of sp³-hybridized carbons (Fsp3) is 0.800. The van der Waals surface area contributed by atoms with Crippen molar-refractivity contribution in [2.45, 2.75) is 174 Å². The minimum atomic E-state index is -1.02. The fourth-order valence-corrected chi connectivity index (χ4v) is 4.84. The summed E-state index contributed by atoms with van der Waals surface area (Å²) in [7, 11) is 0. The number of carbonyl (C=O) groups excluding carboxylic acids is 2. The van der Waals surface area contributed by atoms with Crippen molar-refractivity contribution in [3.8, 4) is 0 Å². The maximum atomic E-state index is 12.5. The quantitative estimate of drug-likeness (QED) is 0.0504. The lowest BCUT2D eigenvalue weighted by molar-refractivity contribution is -0.150. The van der Waals surface area contributed by atoms with Crippen molar-refractivity contribution < 1.29 is 24.2 Å². The van der Waals surface area contributed by atoms with Crippen LogP contribution in [0.1, 0.15) is 168 Å². The largest absolute Gasteiger partial charge is 0.480 e. The second-order valence-corrected chi connectivity index (χ2v) is 11.4. The van der Waals surface area contributed by atoms with Crippen LogP contribution in [-0.2, 0) is 19.1 Å². The molecule has 1 amide bonds. The number of carboxylic acid groups (broad SMARTS) is 1. The van der Waals surface area contributed by atoms with Crippen LogP contribution in [0.2, 0.25) is 0 Å². The molecular formula is C35H63NO5. The molecular weight excluding hydrogens is 514 g/mol. The minimum Gasteiger partial charge on any atom is -0.480 e. The number of rotatable bonds is 30. The first kappa shape index (κ1) is 38.9. The van der Waals surface area contributed by atoms with Gasteiger partial charge in [0.25, 0.3) is 0 Å².